The van der Waals surface area contributed by atoms with Crippen LogP contribution in [0.25, 0.3) is 10.2 Å². The predicted octanol–water partition coefficient (Wildman–Crippen LogP) is 3.58. The fourth-order valence-electron chi connectivity index (χ4n) is 2.00. The molecule has 0 aliphatic heterocycles. The molecule has 0 atom stereocenters. The second-order valence-electron chi connectivity index (χ2n) is 4.66. The molecule has 106 valence electrons. The Morgan fingerprint density at radius 3 is 2.90 bits per heavy atom. The van der Waals surface area contributed by atoms with Gasteiger partial charge in [0.25, 0.3) is 5.91 Å². The van der Waals surface area contributed by atoms with Crippen molar-refractivity contribution >= 4 is 38.3 Å². The summed E-state index contributed by atoms with van der Waals surface area (Å²) in [6.45, 7) is 1.76. The number of carbonyl (C=O) groups excluding carboxylic acids is 1. The maximum absolute atomic E-state index is 13.3. The lowest BCUT2D eigenvalue weighted by Gasteiger charge is -2.05. The third kappa shape index (κ3) is 2.71. The van der Waals surface area contributed by atoms with E-state index in [1.54, 1.807) is 31.2 Å². The number of aromatic nitrogens is 1. The second kappa shape index (κ2) is 5.14. The van der Waals surface area contributed by atoms with Crippen LogP contribution in [0, 0.1) is 12.7 Å². The third-order valence-electron chi connectivity index (χ3n) is 3.08. The molecule has 0 fully saturated rings. The molecule has 0 saturated heterocycles. The van der Waals surface area contributed by atoms with Crippen LogP contribution < -0.4 is 11.1 Å². The summed E-state index contributed by atoms with van der Waals surface area (Å²) < 4.78 is 14.1. The van der Waals surface area contributed by atoms with Gasteiger partial charge in [-0.25, -0.2) is 9.37 Å². The Kier molecular flexibility index (Phi) is 3.31. The van der Waals surface area contributed by atoms with Crippen LogP contribution >= 0.6 is 11.3 Å². The zero-order valence-electron chi connectivity index (χ0n) is 11.2. The summed E-state index contributed by atoms with van der Waals surface area (Å²) >= 11 is 1.33. The molecule has 0 radical (unpaired) electrons. The lowest BCUT2D eigenvalue weighted by molar-refractivity contribution is 0.102. The number of nitrogen functional groups attached to an aromatic ring is 1. The third-order valence-corrected chi connectivity index (χ3v) is 4.01. The fraction of sp³-hybridized carbons (Fsp3) is 0.0667. The van der Waals surface area contributed by atoms with Gasteiger partial charge in [0.05, 0.1) is 10.2 Å². The van der Waals surface area contributed by atoms with E-state index in [1.165, 1.54) is 23.5 Å². The van der Waals surface area contributed by atoms with Gasteiger partial charge in [0.1, 0.15) is 5.82 Å². The lowest BCUT2D eigenvalue weighted by Crippen LogP contribution is -2.13. The zero-order chi connectivity index (χ0) is 15.0. The van der Waals surface area contributed by atoms with Crippen LogP contribution in [0.15, 0.2) is 36.4 Å². The highest BCUT2D eigenvalue weighted by atomic mass is 32.1. The van der Waals surface area contributed by atoms with E-state index < -0.39 is 5.82 Å². The predicted molar refractivity (Wildman–Crippen MR) is 83.1 cm³/mol. The van der Waals surface area contributed by atoms with Gasteiger partial charge in [-0.2, -0.15) is 0 Å². The number of thiazole rings is 1. The van der Waals surface area contributed by atoms with E-state index >= 15 is 0 Å². The molecule has 0 spiro atoms. The smallest absolute Gasteiger partial charge is 0.257 e. The van der Waals surface area contributed by atoms with Gasteiger partial charge >= 0.3 is 0 Å². The molecule has 0 unspecified atom stereocenters. The number of fused-ring (bicyclic) bond motifs is 1. The Morgan fingerprint density at radius 2 is 2.10 bits per heavy atom. The summed E-state index contributed by atoms with van der Waals surface area (Å²) in [5.41, 5.74) is 8.13. The van der Waals surface area contributed by atoms with Crippen molar-refractivity contribution in [3.05, 3.63) is 53.3 Å². The van der Waals surface area contributed by atoms with E-state index in [-0.39, 0.29) is 5.91 Å². The van der Waals surface area contributed by atoms with Crippen LogP contribution in [0.2, 0.25) is 0 Å². The molecule has 1 heterocycles. The van der Waals surface area contributed by atoms with Gasteiger partial charge in [0.2, 0.25) is 0 Å². The summed E-state index contributed by atoms with van der Waals surface area (Å²) in [7, 11) is 0. The minimum absolute atomic E-state index is 0.300. The number of amides is 1. The van der Waals surface area contributed by atoms with Gasteiger partial charge < -0.3 is 5.73 Å². The molecule has 6 heteroatoms. The Labute approximate surface area is 124 Å². The SMILES string of the molecule is Cc1ccc(F)cc1C(=O)Nc1nc2ccc(N)cc2s1. The molecule has 3 rings (SSSR count). The monoisotopic (exact) mass is 301 g/mol. The number of hydrogen-bond acceptors (Lipinski definition) is 4. The molecule has 1 amide bonds. The quantitative estimate of drug-likeness (QED) is 0.711. The van der Waals surface area contributed by atoms with Crippen LogP contribution in [0.1, 0.15) is 15.9 Å². The second-order valence-corrected chi connectivity index (χ2v) is 5.69. The molecule has 2 aromatic carbocycles. The van der Waals surface area contributed by atoms with Crippen molar-refractivity contribution in [2.45, 2.75) is 6.92 Å². The standard InChI is InChI=1S/C15H12FN3OS/c1-8-2-3-9(16)6-11(8)14(20)19-15-18-12-5-4-10(17)7-13(12)21-15/h2-7H,17H2,1H3,(H,18,19,20). The minimum Gasteiger partial charge on any atom is -0.399 e. The summed E-state index contributed by atoms with van der Waals surface area (Å²) in [5, 5.41) is 3.16. The molecule has 0 aliphatic carbocycles. The normalized spacial score (nSPS) is 10.8. The molecule has 3 aromatic rings. The van der Waals surface area contributed by atoms with E-state index in [4.69, 9.17) is 5.73 Å². The molecule has 4 nitrogen and oxygen atoms in total. The number of nitrogens with one attached hydrogen (secondary N) is 1. The van der Waals surface area contributed by atoms with Gasteiger partial charge in [-0.05, 0) is 42.8 Å². The Hall–Kier alpha value is -2.47. The maximum atomic E-state index is 13.3. The number of aryl methyl sites for hydroxylation is 1. The molecular formula is C15H12FN3OS. The van der Waals surface area contributed by atoms with Crippen LogP contribution in [0.3, 0.4) is 0 Å². The Balaban J connectivity index is 1.90. The van der Waals surface area contributed by atoms with Crippen molar-refractivity contribution in [3.63, 3.8) is 0 Å². The first-order valence-electron chi connectivity index (χ1n) is 6.26. The van der Waals surface area contributed by atoms with Crippen molar-refractivity contribution in [2.24, 2.45) is 0 Å². The number of benzene rings is 2. The van der Waals surface area contributed by atoms with Gasteiger partial charge in [0.15, 0.2) is 5.13 Å². The fourth-order valence-corrected chi connectivity index (χ4v) is 2.91. The summed E-state index contributed by atoms with van der Waals surface area (Å²) in [4.78, 5) is 16.5. The Bertz CT molecular complexity index is 844. The molecule has 0 aliphatic rings. The number of halogens is 1. The minimum atomic E-state index is -0.442. The molecule has 0 bridgehead atoms. The number of nitrogens with two attached hydrogens (primary N) is 1. The first-order valence-corrected chi connectivity index (χ1v) is 7.08. The van der Waals surface area contributed by atoms with Gasteiger partial charge in [-0.3, -0.25) is 10.1 Å². The first kappa shape index (κ1) is 13.5. The van der Waals surface area contributed by atoms with Crippen LogP contribution in [-0.4, -0.2) is 10.9 Å². The zero-order valence-corrected chi connectivity index (χ0v) is 12.0. The average Bonchev–Trinajstić information content (AvgIpc) is 2.82. The molecule has 3 N–H and O–H groups in total. The van der Waals surface area contributed by atoms with Crippen LogP contribution in [0.5, 0.6) is 0 Å². The Morgan fingerprint density at radius 1 is 1.29 bits per heavy atom. The van der Waals surface area contributed by atoms with E-state index in [0.29, 0.717) is 21.9 Å². The highest BCUT2D eigenvalue weighted by molar-refractivity contribution is 7.22. The van der Waals surface area contributed by atoms with Crippen LogP contribution in [0.4, 0.5) is 15.2 Å². The van der Waals surface area contributed by atoms with E-state index in [1.807, 2.05) is 0 Å². The lowest BCUT2D eigenvalue weighted by atomic mass is 10.1. The largest absolute Gasteiger partial charge is 0.399 e. The van der Waals surface area contributed by atoms with Gasteiger partial charge in [-0.1, -0.05) is 17.4 Å². The van der Waals surface area contributed by atoms with E-state index in [2.05, 4.69) is 10.3 Å². The van der Waals surface area contributed by atoms with Crippen molar-refractivity contribution in [3.8, 4) is 0 Å². The van der Waals surface area contributed by atoms with Crippen molar-refractivity contribution in [2.75, 3.05) is 11.1 Å². The van der Waals surface area contributed by atoms with Crippen molar-refractivity contribution < 1.29 is 9.18 Å². The summed E-state index contributed by atoms with van der Waals surface area (Å²) in [5.74, 6) is -0.818. The highest BCUT2D eigenvalue weighted by Crippen LogP contribution is 2.28. The summed E-state index contributed by atoms with van der Waals surface area (Å²) in [6, 6.07) is 9.47. The van der Waals surface area contributed by atoms with Gasteiger partial charge in [0, 0.05) is 11.3 Å². The number of rotatable bonds is 2. The number of carbonyl (C=O) groups is 1. The average molecular weight is 301 g/mol. The number of hydrogen-bond donors (Lipinski definition) is 2. The molecular weight excluding hydrogens is 289 g/mol. The highest BCUT2D eigenvalue weighted by Gasteiger charge is 2.13. The molecule has 1 aromatic heterocycles. The van der Waals surface area contributed by atoms with Crippen molar-refractivity contribution in [1.82, 2.24) is 4.98 Å². The number of anilines is 2. The van der Waals surface area contributed by atoms with E-state index in [9.17, 15) is 9.18 Å². The topological polar surface area (TPSA) is 68.0 Å². The van der Waals surface area contributed by atoms with Crippen LogP contribution in [-0.2, 0) is 0 Å². The van der Waals surface area contributed by atoms with Crippen molar-refractivity contribution in [1.29, 1.82) is 0 Å². The maximum Gasteiger partial charge on any atom is 0.257 e. The summed E-state index contributed by atoms with van der Waals surface area (Å²) in [6.07, 6.45) is 0. The van der Waals surface area contributed by atoms with Gasteiger partial charge in [-0.15, -0.1) is 0 Å². The first-order chi connectivity index (χ1) is 10.0. The molecule has 0 saturated carbocycles. The number of nitrogens with zero attached hydrogens (tertiary/aromatic N) is 1. The van der Waals surface area contributed by atoms with E-state index in [0.717, 1.165) is 10.2 Å². The molecule has 21 heavy (non-hydrogen) atoms.